The molecule has 4 N–H and O–H groups in total. The molecule has 0 aromatic heterocycles. The average molecular weight is 391 g/mol. The van der Waals surface area contributed by atoms with Crippen molar-refractivity contribution in [3.8, 4) is 6.07 Å². The van der Waals surface area contributed by atoms with Crippen molar-refractivity contribution < 1.29 is 29.3 Å². The normalized spacial score (nSPS) is 12.3. The Bertz CT molecular complexity index is 674. The average Bonchev–Trinajstić information content (AvgIpc) is 2.67. The summed E-state index contributed by atoms with van der Waals surface area (Å²) >= 11 is 0. The van der Waals surface area contributed by atoms with Gasteiger partial charge in [0.2, 0.25) is 5.91 Å². The van der Waals surface area contributed by atoms with Crippen molar-refractivity contribution in [2.24, 2.45) is 0 Å². The maximum absolute atomic E-state index is 11.9. The molecule has 0 fully saturated rings. The zero-order valence-corrected chi connectivity index (χ0v) is 15.5. The molecule has 0 saturated heterocycles. The lowest BCUT2D eigenvalue weighted by Gasteiger charge is -2.16. The lowest BCUT2D eigenvalue weighted by atomic mass is 10.1. The van der Waals surface area contributed by atoms with Crippen LogP contribution < -0.4 is 10.6 Å². The van der Waals surface area contributed by atoms with Crippen LogP contribution >= 0.6 is 0 Å². The molecule has 1 rings (SSSR count). The van der Waals surface area contributed by atoms with E-state index in [1.807, 2.05) is 24.3 Å². The Morgan fingerprint density at radius 2 is 1.89 bits per heavy atom. The summed E-state index contributed by atoms with van der Waals surface area (Å²) in [6.45, 7) is -0.129. The Morgan fingerprint density at radius 3 is 2.54 bits per heavy atom. The van der Waals surface area contributed by atoms with Gasteiger partial charge in [0.1, 0.15) is 12.6 Å². The minimum atomic E-state index is -1.18. The number of aliphatic hydroxyl groups is 1. The molecule has 2 atom stereocenters. The Kier molecular flexibility index (Phi) is 10.7. The van der Waals surface area contributed by atoms with Crippen LogP contribution in [-0.2, 0) is 20.9 Å². The first-order valence-electron chi connectivity index (χ1n) is 8.94. The number of aliphatic hydroxyl groups excluding tert-OH is 1. The highest BCUT2D eigenvalue weighted by Crippen LogP contribution is 2.05. The van der Waals surface area contributed by atoms with Gasteiger partial charge in [0.25, 0.3) is 0 Å². The number of aliphatic carboxylic acids is 1. The van der Waals surface area contributed by atoms with E-state index >= 15 is 0 Å². The first-order valence-corrected chi connectivity index (χ1v) is 8.94. The number of ether oxygens (including phenoxy) is 1. The molecule has 1 aromatic carbocycles. The number of hydrogen-bond acceptors (Lipinski definition) is 6. The molecule has 9 heteroatoms. The summed E-state index contributed by atoms with van der Waals surface area (Å²) < 4.78 is 4.98. The van der Waals surface area contributed by atoms with E-state index in [0.717, 1.165) is 5.56 Å². The Labute approximate surface area is 163 Å². The minimum Gasteiger partial charge on any atom is -0.480 e. The molecule has 0 heterocycles. The molecule has 0 spiro atoms. The third-order valence-corrected chi connectivity index (χ3v) is 3.78. The van der Waals surface area contributed by atoms with Gasteiger partial charge in [0, 0.05) is 13.0 Å². The van der Waals surface area contributed by atoms with Crippen LogP contribution in [0.2, 0.25) is 0 Å². The van der Waals surface area contributed by atoms with Gasteiger partial charge in [-0.15, -0.1) is 0 Å². The smallest absolute Gasteiger partial charge is 0.407 e. The fourth-order valence-corrected chi connectivity index (χ4v) is 2.32. The highest BCUT2D eigenvalue weighted by atomic mass is 16.5. The number of amides is 2. The van der Waals surface area contributed by atoms with Gasteiger partial charge in [-0.1, -0.05) is 30.3 Å². The van der Waals surface area contributed by atoms with Gasteiger partial charge < -0.3 is 25.6 Å². The number of hydrogen-bond donors (Lipinski definition) is 4. The molecule has 2 amide bonds. The lowest BCUT2D eigenvalue weighted by molar-refractivity contribution is -0.142. The predicted octanol–water partition coefficient (Wildman–Crippen LogP) is 1.32. The van der Waals surface area contributed by atoms with Crippen LogP contribution in [0.1, 0.15) is 37.7 Å². The molecule has 0 aliphatic carbocycles. The van der Waals surface area contributed by atoms with Gasteiger partial charge >= 0.3 is 12.1 Å². The van der Waals surface area contributed by atoms with Gasteiger partial charge in [-0.25, -0.2) is 9.59 Å². The summed E-state index contributed by atoms with van der Waals surface area (Å²) in [4.78, 5) is 34.7. The zero-order valence-electron chi connectivity index (χ0n) is 15.5. The molecule has 28 heavy (non-hydrogen) atoms. The van der Waals surface area contributed by atoms with E-state index in [1.165, 1.54) is 0 Å². The van der Waals surface area contributed by atoms with E-state index in [1.54, 1.807) is 12.1 Å². The lowest BCUT2D eigenvalue weighted by Crippen LogP contribution is -2.43. The van der Waals surface area contributed by atoms with Gasteiger partial charge in [-0.3, -0.25) is 4.79 Å². The first kappa shape index (κ1) is 22.9. The second kappa shape index (κ2) is 13.1. The molecule has 0 aliphatic rings. The molecule has 9 nitrogen and oxygen atoms in total. The van der Waals surface area contributed by atoms with Gasteiger partial charge in [0.05, 0.1) is 18.6 Å². The monoisotopic (exact) mass is 391 g/mol. The maximum atomic E-state index is 11.9. The number of carboxylic acid groups (broad SMARTS) is 1. The number of benzene rings is 1. The second-order valence-corrected chi connectivity index (χ2v) is 6.16. The Morgan fingerprint density at radius 1 is 1.18 bits per heavy atom. The number of carbonyl (C=O) groups is 3. The van der Waals surface area contributed by atoms with Crippen LogP contribution in [0.3, 0.4) is 0 Å². The molecular formula is C19H25N3O6. The summed E-state index contributed by atoms with van der Waals surface area (Å²) in [5.41, 5.74) is 0.812. The standard InChI is InChI=1S/C19H25N3O6/c20-10-6-2-5-9-16(18(25)26)22-17(24)11-15(23)12-21-19(27)28-13-14-7-3-1-4-8-14/h1,3-4,7-8,15-16,23H,2,5-6,9,11-13H2,(H,21,27)(H,22,24)(H,25,26)/t15-,16+/m0/s1. The van der Waals surface area contributed by atoms with Crippen LogP contribution in [-0.4, -0.2) is 46.9 Å². The molecule has 0 bridgehead atoms. The highest BCUT2D eigenvalue weighted by Gasteiger charge is 2.21. The van der Waals surface area contributed by atoms with Crippen molar-refractivity contribution in [3.05, 3.63) is 35.9 Å². The molecule has 1 aromatic rings. The number of nitrogens with zero attached hydrogens (tertiary/aromatic N) is 1. The highest BCUT2D eigenvalue weighted by molar-refractivity contribution is 5.83. The number of alkyl carbamates (subject to hydrolysis) is 1. The number of nitrogens with one attached hydrogen (secondary N) is 2. The molecule has 0 saturated carbocycles. The largest absolute Gasteiger partial charge is 0.480 e. The van der Waals surface area contributed by atoms with Gasteiger partial charge in [-0.05, 0) is 24.8 Å². The number of unbranched alkanes of at least 4 members (excludes halogenated alkanes) is 2. The maximum Gasteiger partial charge on any atom is 0.407 e. The van der Waals surface area contributed by atoms with Crippen molar-refractivity contribution in [1.82, 2.24) is 10.6 Å². The van der Waals surface area contributed by atoms with E-state index in [4.69, 9.17) is 15.1 Å². The summed E-state index contributed by atoms with van der Waals surface area (Å²) in [5, 5.41) is 32.1. The quantitative estimate of drug-likeness (QED) is 0.393. The molecule has 152 valence electrons. The first-order chi connectivity index (χ1) is 13.4. The molecule has 0 unspecified atom stereocenters. The van der Waals surface area contributed by atoms with Crippen LogP contribution in [0, 0.1) is 11.3 Å². The predicted molar refractivity (Wildman–Crippen MR) is 98.9 cm³/mol. The van der Waals surface area contributed by atoms with Crippen molar-refractivity contribution in [1.29, 1.82) is 5.26 Å². The fourth-order valence-electron chi connectivity index (χ4n) is 2.32. The third-order valence-electron chi connectivity index (χ3n) is 3.78. The summed E-state index contributed by atoms with van der Waals surface area (Å²) in [5.74, 6) is -1.82. The molecule has 0 radical (unpaired) electrons. The summed E-state index contributed by atoms with van der Waals surface area (Å²) in [6.07, 6.45) is -0.716. The van der Waals surface area contributed by atoms with Crippen molar-refractivity contribution in [3.63, 3.8) is 0 Å². The van der Waals surface area contributed by atoms with Gasteiger partial charge in [-0.2, -0.15) is 5.26 Å². The topological polar surface area (TPSA) is 149 Å². The van der Waals surface area contributed by atoms with Crippen molar-refractivity contribution in [2.45, 2.75) is 50.9 Å². The van der Waals surface area contributed by atoms with Crippen LogP contribution in [0.25, 0.3) is 0 Å². The van der Waals surface area contributed by atoms with Crippen LogP contribution in [0.4, 0.5) is 4.79 Å². The number of carbonyl (C=O) groups excluding carboxylic acids is 2. The van der Waals surface area contributed by atoms with E-state index < -0.39 is 30.1 Å². The second-order valence-electron chi connectivity index (χ2n) is 6.16. The number of rotatable bonds is 12. The van der Waals surface area contributed by atoms with E-state index in [0.29, 0.717) is 19.3 Å². The summed E-state index contributed by atoms with van der Waals surface area (Å²) in [6, 6.07) is 9.94. The van der Waals surface area contributed by atoms with Crippen molar-refractivity contribution >= 4 is 18.0 Å². The van der Waals surface area contributed by atoms with Crippen molar-refractivity contribution in [2.75, 3.05) is 6.54 Å². The number of carboxylic acids is 1. The molecular weight excluding hydrogens is 366 g/mol. The van der Waals surface area contributed by atoms with E-state index in [-0.39, 0.29) is 26.0 Å². The zero-order chi connectivity index (χ0) is 20.8. The minimum absolute atomic E-state index is 0.0787. The molecule has 0 aliphatic heterocycles. The Balaban J connectivity index is 2.27. The van der Waals surface area contributed by atoms with Gasteiger partial charge in [0.15, 0.2) is 0 Å². The summed E-state index contributed by atoms with van der Waals surface area (Å²) in [7, 11) is 0. The number of nitriles is 1. The van der Waals surface area contributed by atoms with E-state index in [2.05, 4.69) is 10.6 Å². The Hall–Kier alpha value is -3.12. The third kappa shape index (κ3) is 10.1. The fraction of sp³-hybridized carbons (Fsp3) is 0.474. The van der Waals surface area contributed by atoms with Crippen LogP contribution in [0.5, 0.6) is 0 Å². The SMILES string of the molecule is N#CCCCC[C@@H](NC(=O)C[C@H](O)CNC(=O)OCc1ccccc1)C(=O)O. The van der Waals surface area contributed by atoms with Crippen LogP contribution in [0.15, 0.2) is 30.3 Å². The van der Waals surface area contributed by atoms with E-state index in [9.17, 15) is 19.5 Å².